The van der Waals surface area contributed by atoms with Crippen molar-refractivity contribution < 1.29 is 9.84 Å². The molecule has 2 nitrogen and oxygen atoms in total. The number of hydrogen-bond donors (Lipinski definition) is 1. The lowest BCUT2D eigenvalue weighted by atomic mass is 9.47. The summed E-state index contributed by atoms with van der Waals surface area (Å²) < 4.78 is 6.05. The van der Waals surface area contributed by atoms with Gasteiger partial charge in [0.15, 0.2) is 0 Å². The van der Waals surface area contributed by atoms with Crippen molar-refractivity contribution in [3.63, 3.8) is 0 Å². The first-order chi connectivity index (χ1) is 12.3. The third-order valence-corrected chi connectivity index (χ3v) is 9.08. The summed E-state index contributed by atoms with van der Waals surface area (Å²) in [5.74, 6) is 3.44. The molecule has 0 saturated heterocycles. The van der Waals surface area contributed by atoms with E-state index in [0.29, 0.717) is 11.3 Å². The Morgan fingerprint density at radius 1 is 1.12 bits per heavy atom. The molecule has 0 aromatic heterocycles. The van der Waals surface area contributed by atoms with Gasteiger partial charge < -0.3 is 9.84 Å². The first-order valence-corrected chi connectivity index (χ1v) is 11.1. The van der Waals surface area contributed by atoms with Gasteiger partial charge in [0, 0.05) is 6.42 Å². The van der Waals surface area contributed by atoms with E-state index >= 15 is 0 Å². The second-order valence-electron chi connectivity index (χ2n) is 10.3. The molecular formula is C24H38O2. The smallest absolute Gasteiger partial charge is 0.0962 e. The predicted octanol–water partition coefficient (Wildman–Crippen LogP) is 6.01. The number of hydrogen-bond acceptors (Lipinski definition) is 2. The summed E-state index contributed by atoms with van der Waals surface area (Å²) in [5, 5.41) is 11.0. The van der Waals surface area contributed by atoms with Crippen molar-refractivity contribution in [1.29, 1.82) is 0 Å². The first-order valence-electron chi connectivity index (χ1n) is 11.1. The van der Waals surface area contributed by atoms with Crippen molar-refractivity contribution in [3.05, 3.63) is 23.5 Å². The fourth-order valence-electron chi connectivity index (χ4n) is 7.00. The Hall–Kier alpha value is -0.760. The number of unbranched alkanes of at least 4 members (excludes halogenated alkanes) is 1. The van der Waals surface area contributed by atoms with E-state index < -0.39 is 5.60 Å². The zero-order valence-corrected chi connectivity index (χ0v) is 17.3. The Balaban J connectivity index is 1.58. The molecule has 0 aliphatic heterocycles. The molecule has 6 atom stereocenters. The minimum Gasteiger partial charge on any atom is -0.498 e. The molecule has 0 aromatic rings. The maximum Gasteiger partial charge on any atom is 0.0962 e. The fraction of sp³-hybridized carbons (Fsp3) is 0.833. The van der Waals surface area contributed by atoms with Crippen molar-refractivity contribution in [1.82, 2.24) is 0 Å². The average molecular weight is 359 g/mol. The van der Waals surface area contributed by atoms with Gasteiger partial charge in [0.2, 0.25) is 0 Å². The average Bonchev–Trinajstić information content (AvgIpc) is 2.85. The Labute approximate surface area is 160 Å². The summed E-state index contributed by atoms with van der Waals surface area (Å²) in [7, 11) is 0. The monoisotopic (exact) mass is 358 g/mol. The van der Waals surface area contributed by atoms with Gasteiger partial charge in [0.1, 0.15) is 0 Å². The van der Waals surface area contributed by atoms with E-state index in [2.05, 4.69) is 39.8 Å². The molecule has 0 spiro atoms. The van der Waals surface area contributed by atoms with E-state index in [-0.39, 0.29) is 5.41 Å². The lowest BCUT2D eigenvalue weighted by Gasteiger charge is -2.57. The lowest BCUT2D eigenvalue weighted by molar-refractivity contribution is -0.112. The number of aliphatic hydroxyl groups is 1. The van der Waals surface area contributed by atoms with E-state index in [1.807, 2.05) is 0 Å². The van der Waals surface area contributed by atoms with Gasteiger partial charge in [-0.05, 0) is 92.1 Å². The van der Waals surface area contributed by atoms with Crippen LogP contribution in [0.2, 0.25) is 0 Å². The van der Waals surface area contributed by atoms with Crippen LogP contribution in [0.5, 0.6) is 0 Å². The van der Waals surface area contributed by atoms with Gasteiger partial charge >= 0.3 is 0 Å². The Kier molecular flexibility index (Phi) is 4.58. The molecule has 0 aromatic carbocycles. The number of rotatable bonds is 4. The van der Waals surface area contributed by atoms with Crippen molar-refractivity contribution >= 4 is 0 Å². The van der Waals surface area contributed by atoms with Crippen LogP contribution in [0, 0.1) is 28.6 Å². The topological polar surface area (TPSA) is 29.5 Å². The van der Waals surface area contributed by atoms with Crippen LogP contribution in [0.4, 0.5) is 0 Å². The standard InChI is InChI=1S/C24H38O2/c1-5-6-15-26-18-9-12-22(2)17(16-18)7-8-19-20(22)10-13-23(3)21(19)11-14-24(23,4)25/h7,16,19-21,25H,5-6,8-15H2,1-4H3/t19-,20+,21+,22+,23+,24-/m1/s1. The van der Waals surface area contributed by atoms with Crippen LogP contribution < -0.4 is 0 Å². The van der Waals surface area contributed by atoms with Gasteiger partial charge in [0.25, 0.3) is 0 Å². The summed E-state index contributed by atoms with van der Waals surface area (Å²) >= 11 is 0. The molecule has 4 aliphatic carbocycles. The van der Waals surface area contributed by atoms with Crippen molar-refractivity contribution in [3.8, 4) is 0 Å². The van der Waals surface area contributed by atoms with Crippen molar-refractivity contribution in [2.24, 2.45) is 28.6 Å². The Morgan fingerprint density at radius 3 is 2.65 bits per heavy atom. The maximum atomic E-state index is 11.0. The van der Waals surface area contributed by atoms with Crippen molar-refractivity contribution in [2.75, 3.05) is 6.61 Å². The van der Waals surface area contributed by atoms with E-state index in [9.17, 15) is 5.11 Å². The van der Waals surface area contributed by atoms with Crippen molar-refractivity contribution in [2.45, 2.75) is 91.1 Å². The molecule has 146 valence electrons. The molecule has 26 heavy (non-hydrogen) atoms. The van der Waals surface area contributed by atoms with Crippen LogP contribution in [0.25, 0.3) is 0 Å². The Bertz CT molecular complexity index is 616. The largest absolute Gasteiger partial charge is 0.498 e. The Morgan fingerprint density at radius 2 is 1.88 bits per heavy atom. The van der Waals surface area contributed by atoms with Gasteiger partial charge in [-0.1, -0.05) is 33.3 Å². The molecule has 0 heterocycles. The summed E-state index contributed by atoms with van der Waals surface area (Å²) in [5.41, 5.74) is 1.51. The third-order valence-electron chi connectivity index (χ3n) is 9.08. The van der Waals surface area contributed by atoms with Gasteiger partial charge in [0.05, 0.1) is 18.0 Å². The van der Waals surface area contributed by atoms with E-state index in [4.69, 9.17) is 4.74 Å². The van der Waals surface area contributed by atoms with E-state index in [1.165, 1.54) is 44.3 Å². The summed E-state index contributed by atoms with van der Waals surface area (Å²) in [6, 6.07) is 0. The van der Waals surface area contributed by atoms with Gasteiger partial charge in [-0.3, -0.25) is 0 Å². The quantitative estimate of drug-likeness (QED) is 0.624. The van der Waals surface area contributed by atoms with E-state index in [0.717, 1.165) is 37.7 Å². The summed E-state index contributed by atoms with van der Waals surface area (Å²) in [4.78, 5) is 0. The van der Waals surface area contributed by atoms with Gasteiger partial charge in [-0.25, -0.2) is 0 Å². The normalized spacial score (nSPS) is 47.3. The van der Waals surface area contributed by atoms with Crippen LogP contribution in [0.3, 0.4) is 0 Å². The second kappa shape index (κ2) is 6.40. The minimum atomic E-state index is -0.472. The number of allylic oxidation sites excluding steroid dienone is 4. The van der Waals surface area contributed by atoms with Crippen LogP contribution in [0.1, 0.15) is 85.5 Å². The minimum absolute atomic E-state index is 0.120. The SMILES string of the molecule is CCCCOC1=CC2=CC[C@@H]3[C@H](CC[C@@]4(C)[C@H]3CC[C@@]4(C)O)[C@@]2(C)CC1. The maximum absolute atomic E-state index is 11.0. The molecule has 4 rings (SSSR count). The molecule has 0 amide bonds. The molecule has 2 heteroatoms. The lowest BCUT2D eigenvalue weighted by Crippen LogP contribution is -2.53. The predicted molar refractivity (Wildman–Crippen MR) is 107 cm³/mol. The number of fused-ring (bicyclic) bond motifs is 5. The molecule has 2 fully saturated rings. The third kappa shape index (κ3) is 2.62. The molecule has 0 bridgehead atoms. The summed E-state index contributed by atoms with van der Waals surface area (Å²) in [6.07, 6.45) is 15.5. The zero-order chi connectivity index (χ0) is 18.6. The van der Waals surface area contributed by atoms with Crippen LogP contribution in [-0.2, 0) is 4.74 Å². The molecule has 0 unspecified atom stereocenters. The second-order valence-corrected chi connectivity index (χ2v) is 10.3. The number of ether oxygens (including phenoxy) is 1. The van der Waals surface area contributed by atoms with E-state index in [1.54, 1.807) is 5.57 Å². The van der Waals surface area contributed by atoms with Crippen LogP contribution >= 0.6 is 0 Å². The highest BCUT2D eigenvalue weighted by Crippen LogP contribution is 2.66. The fourth-order valence-corrected chi connectivity index (χ4v) is 7.00. The highest BCUT2D eigenvalue weighted by Gasteiger charge is 2.61. The summed E-state index contributed by atoms with van der Waals surface area (Å²) in [6.45, 7) is 10.1. The molecular weight excluding hydrogens is 320 g/mol. The molecule has 4 aliphatic rings. The van der Waals surface area contributed by atoms with Crippen LogP contribution in [0.15, 0.2) is 23.5 Å². The van der Waals surface area contributed by atoms with Gasteiger partial charge in [-0.15, -0.1) is 0 Å². The molecule has 2 saturated carbocycles. The zero-order valence-electron chi connectivity index (χ0n) is 17.3. The molecule has 1 N–H and O–H groups in total. The van der Waals surface area contributed by atoms with Crippen LogP contribution in [-0.4, -0.2) is 17.3 Å². The van der Waals surface area contributed by atoms with Gasteiger partial charge in [-0.2, -0.15) is 0 Å². The molecule has 0 radical (unpaired) electrons. The highest BCUT2D eigenvalue weighted by molar-refractivity contribution is 5.36. The highest BCUT2D eigenvalue weighted by atomic mass is 16.5. The first kappa shape index (κ1) is 18.6.